The summed E-state index contributed by atoms with van der Waals surface area (Å²) >= 11 is 12.2. The summed E-state index contributed by atoms with van der Waals surface area (Å²) in [6, 6.07) is 5.31. The zero-order valence-electron chi connectivity index (χ0n) is 10.0. The zero-order valence-corrected chi connectivity index (χ0v) is 11.5. The Morgan fingerprint density at radius 1 is 1.35 bits per heavy atom. The number of aliphatic hydroxyl groups excluding tert-OH is 1. The van der Waals surface area contributed by atoms with Crippen molar-refractivity contribution in [3.8, 4) is 0 Å². The summed E-state index contributed by atoms with van der Waals surface area (Å²) in [5.74, 6) is 0. The summed E-state index contributed by atoms with van der Waals surface area (Å²) in [5.41, 5.74) is 0.699. The Hall–Kier alpha value is -0.280. The second-order valence-corrected chi connectivity index (χ2v) is 6.07. The van der Waals surface area contributed by atoms with Crippen LogP contribution in [-0.4, -0.2) is 16.7 Å². The Balaban J connectivity index is 2.23. The molecule has 0 aromatic heterocycles. The Bertz CT molecular complexity index is 400. The molecule has 0 bridgehead atoms. The summed E-state index contributed by atoms with van der Waals surface area (Å²) in [6.45, 7) is 4.27. The van der Waals surface area contributed by atoms with E-state index in [-0.39, 0.29) is 11.6 Å². The third kappa shape index (κ3) is 2.76. The van der Waals surface area contributed by atoms with E-state index in [1.165, 1.54) is 0 Å². The molecule has 1 aliphatic rings. The van der Waals surface area contributed by atoms with Crippen LogP contribution in [0.5, 0.6) is 0 Å². The van der Waals surface area contributed by atoms with Gasteiger partial charge in [-0.15, -0.1) is 0 Å². The van der Waals surface area contributed by atoms with Gasteiger partial charge in [0.25, 0.3) is 0 Å². The second kappa shape index (κ2) is 4.77. The van der Waals surface area contributed by atoms with Crippen molar-refractivity contribution in [3.05, 3.63) is 33.8 Å². The summed E-state index contributed by atoms with van der Waals surface area (Å²) in [6.07, 6.45) is 1.31. The maximum atomic E-state index is 10.4. The van der Waals surface area contributed by atoms with Gasteiger partial charge in [-0.05, 0) is 38.8 Å². The Kier molecular flexibility index (Phi) is 3.69. The molecule has 2 nitrogen and oxygen atoms in total. The minimum atomic E-state index is -0.655. The normalized spacial score (nSPS) is 24.9. The number of benzene rings is 1. The molecule has 2 rings (SSSR count). The molecular formula is C13H17Cl2NO. The van der Waals surface area contributed by atoms with Crippen LogP contribution >= 0.6 is 23.2 Å². The van der Waals surface area contributed by atoms with Gasteiger partial charge in [0.1, 0.15) is 0 Å². The van der Waals surface area contributed by atoms with E-state index >= 15 is 0 Å². The number of nitrogens with one attached hydrogen (secondary N) is 1. The third-order valence-corrected chi connectivity index (χ3v) is 3.99. The first-order chi connectivity index (χ1) is 7.91. The van der Waals surface area contributed by atoms with E-state index in [0.717, 1.165) is 12.8 Å². The summed E-state index contributed by atoms with van der Waals surface area (Å²) < 4.78 is 0. The number of aliphatic hydroxyl groups is 1. The molecule has 94 valence electrons. The fourth-order valence-electron chi connectivity index (χ4n) is 2.39. The van der Waals surface area contributed by atoms with E-state index in [2.05, 4.69) is 19.2 Å². The van der Waals surface area contributed by atoms with Gasteiger partial charge in [-0.1, -0.05) is 29.3 Å². The molecule has 0 amide bonds. The molecule has 17 heavy (non-hydrogen) atoms. The molecule has 2 atom stereocenters. The molecule has 0 unspecified atom stereocenters. The molecule has 0 radical (unpaired) electrons. The van der Waals surface area contributed by atoms with Crippen LogP contribution in [0.15, 0.2) is 18.2 Å². The number of hydrogen-bond acceptors (Lipinski definition) is 2. The molecule has 1 aromatic carbocycles. The lowest BCUT2D eigenvalue weighted by atomic mass is 10.00. The smallest absolute Gasteiger partial charge is 0.0971 e. The highest BCUT2D eigenvalue weighted by Gasteiger charge is 2.35. The van der Waals surface area contributed by atoms with Gasteiger partial charge >= 0.3 is 0 Å². The van der Waals surface area contributed by atoms with Crippen molar-refractivity contribution in [2.75, 3.05) is 0 Å². The van der Waals surface area contributed by atoms with Crippen molar-refractivity contribution in [2.24, 2.45) is 0 Å². The lowest BCUT2D eigenvalue weighted by Crippen LogP contribution is -2.40. The van der Waals surface area contributed by atoms with E-state index in [9.17, 15) is 5.11 Å². The molecule has 1 heterocycles. The van der Waals surface area contributed by atoms with Crippen molar-refractivity contribution >= 4 is 23.2 Å². The van der Waals surface area contributed by atoms with Crippen molar-refractivity contribution < 1.29 is 5.11 Å². The van der Waals surface area contributed by atoms with Crippen LogP contribution in [0.25, 0.3) is 0 Å². The average molecular weight is 274 g/mol. The molecular weight excluding hydrogens is 257 g/mol. The van der Waals surface area contributed by atoms with Crippen LogP contribution in [0, 0.1) is 0 Å². The lowest BCUT2D eigenvalue weighted by Gasteiger charge is -2.25. The van der Waals surface area contributed by atoms with Gasteiger partial charge in [0.2, 0.25) is 0 Å². The number of rotatable bonds is 2. The standard InChI is InChI=1S/C13H17Cl2NO/c1-13(2)7-6-10(16-13)12(17)11-8(14)4-3-5-9(11)15/h3-5,10,12,16-17H,6-7H2,1-2H3/t10-,12+/m1/s1. The molecule has 1 aromatic rings. The van der Waals surface area contributed by atoms with E-state index in [1.807, 2.05) is 0 Å². The summed E-state index contributed by atoms with van der Waals surface area (Å²) in [4.78, 5) is 0. The summed E-state index contributed by atoms with van der Waals surface area (Å²) in [5, 5.41) is 14.8. The minimum absolute atomic E-state index is 0.0161. The van der Waals surface area contributed by atoms with Crippen LogP contribution in [0.2, 0.25) is 10.0 Å². The van der Waals surface area contributed by atoms with Gasteiger partial charge in [0, 0.05) is 27.2 Å². The van der Waals surface area contributed by atoms with Gasteiger partial charge < -0.3 is 10.4 Å². The SMILES string of the molecule is CC1(C)CC[C@H]([C@H](O)c2c(Cl)cccc2Cl)N1. The maximum absolute atomic E-state index is 10.4. The highest BCUT2D eigenvalue weighted by molar-refractivity contribution is 6.36. The molecule has 1 fully saturated rings. The second-order valence-electron chi connectivity index (χ2n) is 5.25. The zero-order chi connectivity index (χ0) is 12.6. The predicted octanol–water partition coefficient (Wildman–Crippen LogP) is 3.56. The highest BCUT2D eigenvalue weighted by Crippen LogP contribution is 2.36. The van der Waals surface area contributed by atoms with Crippen molar-refractivity contribution in [1.29, 1.82) is 0 Å². The lowest BCUT2D eigenvalue weighted by molar-refractivity contribution is 0.132. The largest absolute Gasteiger partial charge is 0.387 e. The topological polar surface area (TPSA) is 32.3 Å². The van der Waals surface area contributed by atoms with Gasteiger partial charge in [0.05, 0.1) is 6.10 Å². The Morgan fingerprint density at radius 2 is 1.94 bits per heavy atom. The predicted molar refractivity (Wildman–Crippen MR) is 71.7 cm³/mol. The van der Waals surface area contributed by atoms with Crippen LogP contribution in [0.4, 0.5) is 0 Å². The number of halogens is 2. The van der Waals surface area contributed by atoms with Crippen LogP contribution in [0.1, 0.15) is 38.4 Å². The molecule has 0 aliphatic carbocycles. The van der Waals surface area contributed by atoms with E-state index in [0.29, 0.717) is 15.6 Å². The first kappa shape index (κ1) is 13.2. The summed E-state index contributed by atoms with van der Waals surface area (Å²) in [7, 11) is 0. The van der Waals surface area contributed by atoms with Crippen LogP contribution in [0.3, 0.4) is 0 Å². The van der Waals surface area contributed by atoms with Gasteiger partial charge in [-0.3, -0.25) is 0 Å². The van der Waals surface area contributed by atoms with Crippen molar-refractivity contribution in [2.45, 2.75) is 44.4 Å². The van der Waals surface area contributed by atoms with E-state index < -0.39 is 6.10 Å². The monoisotopic (exact) mass is 273 g/mol. The first-order valence-corrected chi connectivity index (χ1v) is 6.56. The third-order valence-electron chi connectivity index (χ3n) is 3.33. The van der Waals surface area contributed by atoms with Crippen LogP contribution in [-0.2, 0) is 0 Å². The van der Waals surface area contributed by atoms with Gasteiger partial charge in [-0.2, -0.15) is 0 Å². The average Bonchev–Trinajstić information content (AvgIpc) is 2.58. The molecule has 4 heteroatoms. The first-order valence-electron chi connectivity index (χ1n) is 5.80. The molecule has 0 saturated carbocycles. The van der Waals surface area contributed by atoms with Crippen molar-refractivity contribution in [1.82, 2.24) is 5.32 Å². The van der Waals surface area contributed by atoms with Crippen LogP contribution < -0.4 is 5.32 Å². The van der Waals surface area contributed by atoms with Gasteiger partial charge in [0.15, 0.2) is 0 Å². The minimum Gasteiger partial charge on any atom is -0.387 e. The fourth-order valence-corrected chi connectivity index (χ4v) is 3.01. The maximum Gasteiger partial charge on any atom is 0.0971 e. The molecule has 1 saturated heterocycles. The molecule has 1 aliphatic heterocycles. The highest BCUT2D eigenvalue weighted by atomic mass is 35.5. The van der Waals surface area contributed by atoms with E-state index in [4.69, 9.17) is 23.2 Å². The fraction of sp³-hybridized carbons (Fsp3) is 0.538. The molecule has 0 spiro atoms. The Labute approximate surface area is 112 Å². The number of hydrogen-bond donors (Lipinski definition) is 2. The molecule has 2 N–H and O–H groups in total. The quantitative estimate of drug-likeness (QED) is 0.864. The van der Waals surface area contributed by atoms with Gasteiger partial charge in [-0.25, -0.2) is 0 Å². The Morgan fingerprint density at radius 3 is 2.41 bits per heavy atom. The van der Waals surface area contributed by atoms with E-state index in [1.54, 1.807) is 18.2 Å². The van der Waals surface area contributed by atoms with Crippen molar-refractivity contribution in [3.63, 3.8) is 0 Å².